The van der Waals surface area contributed by atoms with Gasteiger partial charge in [-0.3, -0.25) is 9.69 Å². The highest BCUT2D eigenvalue weighted by atomic mass is 35.5. The average molecular weight is 348 g/mol. The van der Waals surface area contributed by atoms with Crippen LogP contribution in [0.1, 0.15) is 25.5 Å². The summed E-state index contributed by atoms with van der Waals surface area (Å²) in [6, 6.07) is 15.1. The fourth-order valence-electron chi connectivity index (χ4n) is 3.15. The third kappa shape index (κ3) is 4.47. The molecule has 1 amide bonds. The highest BCUT2D eigenvalue weighted by molar-refractivity contribution is 5.85. The summed E-state index contributed by atoms with van der Waals surface area (Å²) in [6.45, 7) is 7.51. The summed E-state index contributed by atoms with van der Waals surface area (Å²) in [5.41, 5.74) is 1.14. The molecule has 3 rings (SSSR count). The molecule has 1 heterocycles. The minimum Gasteiger partial charge on any atom is -0.348 e. The smallest absolute Gasteiger partial charge is 0.234 e. The van der Waals surface area contributed by atoms with Gasteiger partial charge in [-0.05, 0) is 36.2 Å². The van der Waals surface area contributed by atoms with Crippen LogP contribution in [0.25, 0.3) is 10.8 Å². The van der Waals surface area contributed by atoms with Gasteiger partial charge in [-0.15, -0.1) is 12.4 Å². The normalized spacial score (nSPS) is 19.5. The van der Waals surface area contributed by atoms with Gasteiger partial charge in [0.15, 0.2) is 0 Å². The lowest BCUT2D eigenvalue weighted by molar-refractivity contribution is -0.123. The summed E-state index contributed by atoms with van der Waals surface area (Å²) in [6.07, 6.45) is 0. The lowest BCUT2D eigenvalue weighted by Crippen LogP contribution is -2.52. The van der Waals surface area contributed by atoms with E-state index in [-0.39, 0.29) is 24.4 Å². The summed E-state index contributed by atoms with van der Waals surface area (Å²) in [5, 5.41) is 8.91. The third-order valence-corrected chi connectivity index (χ3v) is 4.64. The van der Waals surface area contributed by atoms with Crippen molar-refractivity contribution in [1.29, 1.82) is 0 Å². The second-order valence-electron chi connectivity index (χ2n) is 6.42. The van der Waals surface area contributed by atoms with Crippen molar-refractivity contribution in [3.05, 3.63) is 48.0 Å². The molecule has 2 aromatic rings. The monoisotopic (exact) mass is 347 g/mol. The first-order valence-corrected chi connectivity index (χ1v) is 8.36. The maximum absolute atomic E-state index is 12.3. The molecule has 1 fully saturated rings. The Hall–Kier alpha value is -1.62. The Morgan fingerprint density at radius 1 is 1.29 bits per heavy atom. The number of carbonyl (C=O) groups excluding carboxylic acids is 1. The van der Waals surface area contributed by atoms with Crippen LogP contribution >= 0.6 is 12.4 Å². The molecule has 1 saturated heterocycles. The van der Waals surface area contributed by atoms with E-state index in [1.165, 1.54) is 10.8 Å². The highest BCUT2D eigenvalue weighted by Crippen LogP contribution is 2.20. The molecule has 1 aliphatic rings. The average Bonchev–Trinajstić information content (AvgIpc) is 2.56. The maximum Gasteiger partial charge on any atom is 0.234 e. The number of fused-ring (bicyclic) bond motifs is 1. The molecule has 0 aliphatic carbocycles. The summed E-state index contributed by atoms with van der Waals surface area (Å²) in [5.74, 6) is 0.0967. The predicted molar refractivity (Wildman–Crippen MR) is 102 cm³/mol. The number of piperazine rings is 1. The van der Waals surface area contributed by atoms with E-state index < -0.39 is 0 Å². The minimum absolute atomic E-state index is 0. The lowest BCUT2D eigenvalue weighted by Gasteiger charge is -2.33. The first kappa shape index (κ1) is 18.7. The van der Waals surface area contributed by atoms with Crippen molar-refractivity contribution < 1.29 is 4.79 Å². The number of nitrogens with zero attached hydrogens (tertiary/aromatic N) is 1. The molecular weight excluding hydrogens is 322 g/mol. The first-order valence-electron chi connectivity index (χ1n) is 8.36. The number of carbonyl (C=O) groups is 1. The van der Waals surface area contributed by atoms with E-state index in [4.69, 9.17) is 0 Å². The zero-order valence-corrected chi connectivity index (χ0v) is 15.1. The van der Waals surface area contributed by atoms with Crippen LogP contribution in [0.3, 0.4) is 0 Å². The number of amides is 1. The minimum atomic E-state index is 0. The van der Waals surface area contributed by atoms with Crippen molar-refractivity contribution in [1.82, 2.24) is 15.5 Å². The van der Waals surface area contributed by atoms with Gasteiger partial charge in [-0.2, -0.15) is 0 Å². The molecule has 1 unspecified atom stereocenters. The van der Waals surface area contributed by atoms with Gasteiger partial charge in [0.2, 0.25) is 5.91 Å². The standard InChI is InChI=1S/C19H25N3O.ClH/c1-14-12-20-9-10-22(14)13-19(23)21-15(2)17-8-7-16-5-3-4-6-18(16)11-17;/h3-8,11,14-15,20H,9-10,12-13H2,1-2H3,(H,21,23);1H/t14-,15?;/m1./s1. The number of hydrogen-bond acceptors (Lipinski definition) is 3. The molecule has 2 atom stereocenters. The van der Waals surface area contributed by atoms with Gasteiger partial charge in [-0.25, -0.2) is 0 Å². The van der Waals surface area contributed by atoms with Crippen molar-refractivity contribution in [2.24, 2.45) is 0 Å². The second-order valence-corrected chi connectivity index (χ2v) is 6.42. The molecule has 4 nitrogen and oxygen atoms in total. The number of halogens is 1. The third-order valence-electron chi connectivity index (χ3n) is 4.64. The first-order chi connectivity index (χ1) is 11.1. The summed E-state index contributed by atoms with van der Waals surface area (Å²) < 4.78 is 0. The molecule has 2 aromatic carbocycles. The SMILES string of the molecule is CC(NC(=O)CN1CCNC[C@H]1C)c1ccc2ccccc2c1.Cl. The predicted octanol–water partition coefficient (Wildman–Crippen LogP) is 2.73. The molecule has 2 N–H and O–H groups in total. The summed E-state index contributed by atoms with van der Waals surface area (Å²) in [7, 11) is 0. The number of nitrogens with one attached hydrogen (secondary N) is 2. The van der Waals surface area contributed by atoms with E-state index in [1.54, 1.807) is 0 Å². The fourth-order valence-corrected chi connectivity index (χ4v) is 3.15. The van der Waals surface area contributed by atoms with Gasteiger partial charge >= 0.3 is 0 Å². The Kier molecular flexibility index (Phi) is 6.60. The van der Waals surface area contributed by atoms with Gasteiger partial charge in [0.05, 0.1) is 12.6 Å². The van der Waals surface area contributed by atoms with E-state index in [0.29, 0.717) is 12.6 Å². The lowest BCUT2D eigenvalue weighted by atomic mass is 10.0. The molecule has 0 aromatic heterocycles. The molecular formula is C19H26ClN3O. The maximum atomic E-state index is 12.3. The van der Waals surface area contributed by atoms with Gasteiger partial charge in [0.25, 0.3) is 0 Å². The van der Waals surface area contributed by atoms with Crippen molar-refractivity contribution in [2.45, 2.75) is 25.9 Å². The van der Waals surface area contributed by atoms with Crippen molar-refractivity contribution >= 4 is 29.1 Å². The van der Waals surface area contributed by atoms with Crippen LogP contribution in [0.5, 0.6) is 0 Å². The van der Waals surface area contributed by atoms with Crippen molar-refractivity contribution in [3.63, 3.8) is 0 Å². The highest BCUT2D eigenvalue weighted by Gasteiger charge is 2.21. The van der Waals surface area contributed by atoms with Crippen LogP contribution in [0.4, 0.5) is 0 Å². The zero-order chi connectivity index (χ0) is 16.2. The number of benzene rings is 2. The van der Waals surface area contributed by atoms with Crippen LogP contribution in [-0.4, -0.2) is 43.0 Å². The quantitative estimate of drug-likeness (QED) is 0.893. The molecule has 0 bridgehead atoms. The molecule has 0 saturated carbocycles. The Balaban J connectivity index is 0.00000208. The largest absolute Gasteiger partial charge is 0.348 e. The Morgan fingerprint density at radius 3 is 2.79 bits per heavy atom. The van der Waals surface area contributed by atoms with E-state index in [0.717, 1.165) is 25.2 Å². The molecule has 130 valence electrons. The van der Waals surface area contributed by atoms with Crippen LogP contribution < -0.4 is 10.6 Å². The molecule has 0 spiro atoms. The summed E-state index contributed by atoms with van der Waals surface area (Å²) >= 11 is 0. The molecule has 1 aliphatic heterocycles. The van der Waals surface area contributed by atoms with Gasteiger partial charge in [-0.1, -0.05) is 36.4 Å². The zero-order valence-electron chi connectivity index (χ0n) is 14.3. The molecule has 0 radical (unpaired) electrons. The number of hydrogen-bond donors (Lipinski definition) is 2. The second kappa shape index (κ2) is 8.47. The van der Waals surface area contributed by atoms with E-state index in [9.17, 15) is 4.79 Å². The van der Waals surface area contributed by atoms with Crippen LogP contribution in [0.15, 0.2) is 42.5 Å². The van der Waals surface area contributed by atoms with Crippen LogP contribution in [0, 0.1) is 0 Å². The Labute approximate surface area is 150 Å². The van der Waals surface area contributed by atoms with Gasteiger partial charge in [0.1, 0.15) is 0 Å². The fraction of sp³-hybridized carbons (Fsp3) is 0.421. The van der Waals surface area contributed by atoms with Crippen molar-refractivity contribution in [3.8, 4) is 0 Å². The van der Waals surface area contributed by atoms with Crippen LogP contribution in [-0.2, 0) is 4.79 Å². The number of rotatable bonds is 4. The van der Waals surface area contributed by atoms with E-state index in [1.807, 2.05) is 19.1 Å². The molecule has 24 heavy (non-hydrogen) atoms. The van der Waals surface area contributed by atoms with Gasteiger partial charge in [0, 0.05) is 25.7 Å². The molecule has 5 heteroatoms. The van der Waals surface area contributed by atoms with Crippen LogP contribution in [0.2, 0.25) is 0 Å². The van der Waals surface area contributed by atoms with Crippen molar-refractivity contribution in [2.75, 3.05) is 26.2 Å². The van der Waals surface area contributed by atoms with E-state index in [2.05, 4.69) is 52.8 Å². The Morgan fingerprint density at radius 2 is 2.04 bits per heavy atom. The topological polar surface area (TPSA) is 44.4 Å². The van der Waals surface area contributed by atoms with E-state index >= 15 is 0 Å². The summed E-state index contributed by atoms with van der Waals surface area (Å²) in [4.78, 5) is 14.6. The van der Waals surface area contributed by atoms with Gasteiger partial charge < -0.3 is 10.6 Å². The Bertz CT molecular complexity index is 691.